The Morgan fingerprint density at radius 2 is 1.89 bits per heavy atom. The molecule has 0 saturated heterocycles. The predicted molar refractivity (Wildman–Crippen MR) is 146 cm³/mol. The number of amides is 1. The van der Waals surface area contributed by atoms with E-state index in [0.717, 1.165) is 17.7 Å². The highest BCUT2D eigenvalue weighted by Gasteiger charge is 2.38. The van der Waals surface area contributed by atoms with Gasteiger partial charge in [-0.25, -0.2) is 0 Å². The molecule has 0 radical (unpaired) electrons. The van der Waals surface area contributed by atoms with Gasteiger partial charge >= 0.3 is 0 Å². The van der Waals surface area contributed by atoms with Crippen LogP contribution < -0.4 is 15.4 Å². The van der Waals surface area contributed by atoms with Crippen molar-refractivity contribution in [2.45, 2.75) is 32.8 Å². The number of carbonyl (C=O) groups is 2. The minimum atomic E-state index is -0.606. The van der Waals surface area contributed by atoms with Gasteiger partial charge in [-0.3, -0.25) is 4.79 Å². The highest BCUT2D eigenvalue weighted by Crippen LogP contribution is 2.28. The first-order valence-corrected chi connectivity index (χ1v) is 12.5. The average Bonchev–Trinajstić information content (AvgIpc) is 3.23. The Kier molecular flexibility index (Phi) is 12.2. The fourth-order valence-electron chi connectivity index (χ4n) is 4.06. The van der Waals surface area contributed by atoms with Gasteiger partial charge in [0.05, 0.1) is 0 Å². The number of hydrogen-bond acceptors (Lipinski definition) is 8. The summed E-state index contributed by atoms with van der Waals surface area (Å²) in [7, 11) is 5.67. The van der Waals surface area contributed by atoms with Gasteiger partial charge in [0.2, 0.25) is 0 Å². The van der Waals surface area contributed by atoms with Crippen LogP contribution in [0.15, 0.2) is 60.0 Å². The van der Waals surface area contributed by atoms with E-state index >= 15 is 0 Å². The highest BCUT2D eigenvalue weighted by atomic mass is 35.5. The molecule has 0 aromatic heterocycles. The Morgan fingerprint density at radius 1 is 1.19 bits per heavy atom. The maximum absolute atomic E-state index is 13.1. The smallest absolute Gasteiger partial charge is 0.271 e. The summed E-state index contributed by atoms with van der Waals surface area (Å²) < 4.78 is 6.43. The minimum Gasteiger partial charge on any atom is -0.452 e. The largest absolute Gasteiger partial charge is 0.452 e. The Hall–Kier alpha value is -3.27. The quantitative estimate of drug-likeness (QED) is 0.384. The molecule has 3 rings (SSSR count). The summed E-state index contributed by atoms with van der Waals surface area (Å²) in [6, 6.07) is 15.5. The zero-order valence-corrected chi connectivity index (χ0v) is 22.8. The normalized spacial score (nSPS) is 14.7. The fraction of sp³-hybridized carbons (Fsp3) is 0.407. The molecule has 2 aromatic rings. The maximum atomic E-state index is 13.1. The summed E-state index contributed by atoms with van der Waals surface area (Å²) in [5.74, 6) is 1.18. The highest BCUT2D eigenvalue weighted by molar-refractivity contribution is 6.30. The summed E-state index contributed by atoms with van der Waals surface area (Å²) in [4.78, 5) is 27.2. The lowest BCUT2D eigenvalue weighted by Gasteiger charge is -2.28. The van der Waals surface area contributed by atoms with E-state index in [-0.39, 0.29) is 12.5 Å². The Bertz CT molecular complexity index is 1030. The van der Waals surface area contributed by atoms with E-state index in [9.17, 15) is 9.90 Å². The van der Waals surface area contributed by atoms with Crippen molar-refractivity contribution in [3.05, 3.63) is 76.2 Å². The van der Waals surface area contributed by atoms with Gasteiger partial charge in [0.15, 0.2) is 0 Å². The van der Waals surface area contributed by atoms with Gasteiger partial charge in [0, 0.05) is 44.9 Å². The molecule has 202 valence electrons. The molecule has 1 atom stereocenters. The molecular weight excluding hydrogens is 494 g/mol. The Balaban J connectivity index is 0.00000235. The number of halogens is 1. The number of carbonyl (C=O) groups excluding carboxylic acids is 2. The number of rotatable bonds is 12. The first kappa shape index (κ1) is 30.0. The molecule has 1 aliphatic rings. The van der Waals surface area contributed by atoms with Crippen molar-refractivity contribution in [3.8, 4) is 5.75 Å². The number of nitrogens with zero attached hydrogens (tertiary/aromatic N) is 3. The molecule has 1 amide bonds. The van der Waals surface area contributed by atoms with E-state index in [1.54, 1.807) is 7.05 Å². The SMILES string of the molecule is C=O.CCN(CCCO)C1=C(C(=O)NC)N(Cc2ccc(Cl)cc2)C(Oc2cccc(CN(C)C)c2)N1. The Morgan fingerprint density at radius 3 is 2.49 bits per heavy atom. The van der Waals surface area contributed by atoms with Crippen LogP contribution in [-0.2, 0) is 22.7 Å². The van der Waals surface area contributed by atoms with Gasteiger partial charge in [-0.05, 0) is 62.8 Å². The second kappa shape index (κ2) is 15.1. The van der Waals surface area contributed by atoms with Crippen molar-refractivity contribution in [2.24, 2.45) is 0 Å². The number of nitrogens with one attached hydrogen (secondary N) is 2. The molecule has 10 heteroatoms. The molecule has 2 aromatic carbocycles. The summed E-state index contributed by atoms with van der Waals surface area (Å²) in [6.07, 6.45) is -0.0132. The molecule has 37 heavy (non-hydrogen) atoms. The topological polar surface area (TPSA) is 97.4 Å². The van der Waals surface area contributed by atoms with Crippen LogP contribution >= 0.6 is 11.6 Å². The standard InChI is InChI=1S/C26H36ClN5O3.CH2O/c1-5-31(14-7-15-33)24-23(25(34)28-2)32(18-19-10-12-21(27)13-11-19)26(29-24)35-22-9-6-8-20(16-22)17-30(3)4;1-2/h6,8-13,16,26,29,33H,5,7,14-15,17-18H2,1-4H3,(H,28,34);1H2. The van der Waals surface area contributed by atoms with Crippen LogP contribution in [0.2, 0.25) is 5.02 Å². The van der Waals surface area contributed by atoms with E-state index in [1.165, 1.54) is 0 Å². The number of aliphatic hydroxyl groups is 1. The first-order chi connectivity index (χ1) is 17.9. The van der Waals surface area contributed by atoms with Gasteiger partial charge in [-0.1, -0.05) is 35.9 Å². The van der Waals surface area contributed by atoms with Crippen molar-refractivity contribution < 1.29 is 19.4 Å². The minimum absolute atomic E-state index is 0.0756. The molecule has 0 saturated carbocycles. The summed E-state index contributed by atoms with van der Waals surface area (Å²) >= 11 is 6.09. The maximum Gasteiger partial charge on any atom is 0.271 e. The van der Waals surface area contributed by atoms with E-state index < -0.39 is 6.35 Å². The lowest BCUT2D eigenvalue weighted by atomic mass is 10.2. The van der Waals surface area contributed by atoms with Gasteiger partial charge in [0.25, 0.3) is 12.3 Å². The molecule has 3 N–H and O–H groups in total. The third-order valence-electron chi connectivity index (χ3n) is 5.69. The van der Waals surface area contributed by atoms with Crippen molar-refractivity contribution >= 4 is 24.3 Å². The summed E-state index contributed by atoms with van der Waals surface area (Å²) in [5.41, 5.74) is 2.62. The van der Waals surface area contributed by atoms with Gasteiger partial charge in [0.1, 0.15) is 24.1 Å². The Labute approximate surface area is 224 Å². The van der Waals surface area contributed by atoms with E-state index in [2.05, 4.69) is 26.5 Å². The number of benzene rings is 2. The van der Waals surface area contributed by atoms with Gasteiger partial charge in [-0.2, -0.15) is 0 Å². The van der Waals surface area contributed by atoms with Gasteiger partial charge in [-0.15, -0.1) is 0 Å². The summed E-state index contributed by atoms with van der Waals surface area (Å²) in [5, 5.41) is 16.3. The third-order valence-corrected chi connectivity index (χ3v) is 5.94. The lowest BCUT2D eigenvalue weighted by Crippen LogP contribution is -2.44. The van der Waals surface area contributed by atoms with Crippen LogP contribution in [0.25, 0.3) is 0 Å². The summed E-state index contributed by atoms with van der Waals surface area (Å²) in [6.45, 7) is 6.61. The molecule has 9 nitrogen and oxygen atoms in total. The monoisotopic (exact) mass is 531 g/mol. The number of ether oxygens (including phenoxy) is 1. The third kappa shape index (κ3) is 8.38. The van der Waals surface area contributed by atoms with E-state index in [1.807, 2.05) is 75.2 Å². The van der Waals surface area contributed by atoms with Crippen LogP contribution in [0.5, 0.6) is 5.75 Å². The number of likely N-dealkylation sites (N-methyl/N-ethyl adjacent to an activating group) is 1. The van der Waals surface area contributed by atoms with Crippen LogP contribution in [0, 0.1) is 0 Å². The number of hydrogen-bond donors (Lipinski definition) is 3. The van der Waals surface area contributed by atoms with Crippen molar-refractivity contribution in [1.82, 2.24) is 25.3 Å². The fourth-order valence-corrected chi connectivity index (χ4v) is 4.18. The van der Waals surface area contributed by atoms with Crippen molar-refractivity contribution in [2.75, 3.05) is 40.8 Å². The van der Waals surface area contributed by atoms with Crippen LogP contribution in [0.4, 0.5) is 0 Å². The zero-order valence-electron chi connectivity index (χ0n) is 22.0. The average molecular weight is 532 g/mol. The van der Waals surface area contributed by atoms with Crippen molar-refractivity contribution in [1.29, 1.82) is 0 Å². The molecule has 1 aliphatic heterocycles. The van der Waals surface area contributed by atoms with Crippen molar-refractivity contribution in [3.63, 3.8) is 0 Å². The molecule has 0 aliphatic carbocycles. The molecule has 1 heterocycles. The lowest BCUT2D eigenvalue weighted by molar-refractivity contribution is -0.119. The second-order valence-corrected chi connectivity index (χ2v) is 9.12. The van der Waals surface area contributed by atoms with Crippen LogP contribution in [0.3, 0.4) is 0 Å². The number of aliphatic hydroxyl groups excluding tert-OH is 1. The van der Waals surface area contributed by atoms with E-state index in [0.29, 0.717) is 48.3 Å². The molecule has 0 spiro atoms. The molecular formula is C27H38ClN5O4. The first-order valence-electron chi connectivity index (χ1n) is 12.1. The predicted octanol–water partition coefficient (Wildman–Crippen LogP) is 2.60. The zero-order chi connectivity index (χ0) is 27.4. The molecule has 0 fully saturated rings. The van der Waals surface area contributed by atoms with Crippen LogP contribution in [0.1, 0.15) is 24.5 Å². The second-order valence-electron chi connectivity index (χ2n) is 8.69. The van der Waals surface area contributed by atoms with Gasteiger partial charge < -0.3 is 40.0 Å². The molecule has 0 bridgehead atoms. The molecule has 1 unspecified atom stereocenters. The van der Waals surface area contributed by atoms with Crippen LogP contribution in [-0.4, -0.2) is 79.7 Å². The van der Waals surface area contributed by atoms with E-state index in [4.69, 9.17) is 21.1 Å².